The first-order chi connectivity index (χ1) is 13.5. The smallest absolute Gasteiger partial charge is 0.225 e. The van der Waals surface area contributed by atoms with Crippen LogP contribution in [0.4, 0.5) is 5.95 Å². The fourth-order valence-corrected chi connectivity index (χ4v) is 3.79. The van der Waals surface area contributed by atoms with Crippen LogP contribution in [0.3, 0.4) is 0 Å². The van der Waals surface area contributed by atoms with Crippen LogP contribution in [0.15, 0.2) is 42.7 Å². The molecule has 1 atom stereocenters. The number of amides is 1. The lowest BCUT2D eigenvalue weighted by atomic mass is 9.84. The van der Waals surface area contributed by atoms with E-state index < -0.39 is 0 Å². The van der Waals surface area contributed by atoms with Gasteiger partial charge in [0.2, 0.25) is 11.9 Å². The third kappa shape index (κ3) is 4.89. The van der Waals surface area contributed by atoms with Gasteiger partial charge in [0.1, 0.15) is 0 Å². The molecule has 0 radical (unpaired) electrons. The second kappa shape index (κ2) is 9.18. The standard InChI is InChI=1S/C23H32N4O/c1-17(2)19-6-8-20(9-7-19)21(18(3)4)16-22(28)26-12-14-27(15-13-26)23-24-10-5-11-25-23/h5-11,17-18,21H,12-16H2,1-4H3. The molecule has 1 unspecified atom stereocenters. The number of anilines is 1. The lowest BCUT2D eigenvalue weighted by molar-refractivity contribution is -0.132. The van der Waals surface area contributed by atoms with Gasteiger partial charge in [0.05, 0.1) is 0 Å². The van der Waals surface area contributed by atoms with Crippen LogP contribution in [0.5, 0.6) is 0 Å². The molecule has 1 aliphatic rings. The Morgan fingerprint density at radius 2 is 1.50 bits per heavy atom. The maximum Gasteiger partial charge on any atom is 0.225 e. The van der Waals surface area contributed by atoms with E-state index in [0.29, 0.717) is 18.3 Å². The van der Waals surface area contributed by atoms with Crippen LogP contribution in [0, 0.1) is 5.92 Å². The van der Waals surface area contributed by atoms with E-state index in [0.717, 1.165) is 32.1 Å². The van der Waals surface area contributed by atoms with Crippen molar-refractivity contribution in [3.05, 3.63) is 53.9 Å². The molecule has 5 heteroatoms. The van der Waals surface area contributed by atoms with Gasteiger partial charge < -0.3 is 9.80 Å². The van der Waals surface area contributed by atoms with Gasteiger partial charge in [0.15, 0.2) is 0 Å². The fraction of sp³-hybridized carbons (Fsp3) is 0.522. The Balaban J connectivity index is 1.60. The average Bonchev–Trinajstić information content (AvgIpc) is 2.72. The number of benzene rings is 1. The molecule has 5 nitrogen and oxygen atoms in total. The van der Waals surface area contributed by atoms with Gasteiger partial charge in [-0.1, -0.05) is 52.0 Å². The summed E-state index contributed by atoms with van der Waals surface area (Å²) in [6, 6.07) is 10.6. The summed E-state index contributed by atoms with van der Waals surface area (Å²) in [5.41, 5.74) is 2.61. The summed E-state index contributed by atoms with van der Waals surface area (Å²) in [5.74, 6) is 2.20. The number of aromatic nitrogens is 2. The third-order valence-electron chi connectivity index (χ3n) is 5.70. The van der Waals surface area contributed by atoms with Crippen molar-refractivity contribution in [3.63, 3.8) is 0 Å². The molecule has 3 rings (SSSR count). The van der Waals surface area contributed by atoms with Gasteiger partial charge in [-0.2, -0.15) is 0 Å². The van der Waals surface area contributed by atoms with E-state index >= 15 is 0 Å². The van der Waals surface area contributed by atoms with Crippen LogP contribution in [0.25, 0.3) is 0 Å². The Bertz CT molecular complexity index is 750. The van der Waals surface area contributed by atoms with Crippen molar-refractivity contribution in [2.45, 2.75) is 46.0 Å². The first-order valence-electron chi connectivity index (χ1n) is 10.3. The summed E-state index contributed by atoms with van der Waals surface area (Å²) >= 11 is 0. The van der Waals surface area contributed by atoms with Crippen molar-refractivity contribution in [2.75, 3.05) is 31.1 Å². The quantitative estimate of drug-likeness (QED) is 0.758. The van der Waals surface area contributed by atoms with Gasteiger partial charge in [0, 0.05) is 45.0 Å². The molecular weight excluding hydrogens is 348 g/mol. The van der Waals surface area contributed by atoms with E-state index in [1.54, 1.807) is 12.4 Å². The van der Waals surface area contributed by atoms with Crippen LogP contribution in [-0.2, 0) is 4.79 Å². The molecule has 0 aliphatic carbocycles. The number of nitrogens with zero attached hydrogens (tertiary/aromatic N) is 4. The zero-order chi connectivity index (χ0) is 20.1. The summed E-state index contributed by atoms with van der Waals surface area (Å²) in [6.45, 7) is 11.9. The van der Waals surface area contributed by atoms with Crippen molar-refractivity contribution in [3.8, 4) is 0 Å². The predicted octanol–water partition coefficient (Wildman–Crippen LogP) is 4.08. The Hall–Kier alpha value is -2.43. The van der Waals surface area contributed by atoms with Crippen LogP contribution in [0.1, 0.15) is 57.1 Å². The number of hydrogen-bond donors (Lipinski definition) is 0. The van der Waals surface area contributed by atoms with Crippen molar-refractivity contribution >= 4 is 11.9 Å². The van der Waals surface area contributed by atoms with E-state index in [-0.39, 0.29) is 11.8 Å². The molecule has 1 amide bonds. The average molecular weight is 381 g/mol. The second-order valence-corrected chi connectivity index (χ2v) is 8.29. The molecular formula is C23H32N4O. The van der Waals surface area contributed by atoms with Crippen LogP contribution in [-0.4, -0.2) is 47.0 Å². The highest BCUT2D eigenvalue weighted by atomic mass is 16.2. The van der Waals surface area contributed by atoms with Crippen molar-refractivity contribution in [2.24, 2.45) is 5.92 Å². The van der Waals surface area contributed by atoms with Crippen LogP contribution >= 0.6 is 0 Å². The summed E-state index contributed by atoms with van der Waals surface area (Å²) in [4.78, 5) is 25.8. The number of carbonyl (C=O) groups is 1. The Kier molecular flexibility index (Phi) is 6.65. The van der Waals surface area contributed by atoms with Gasteiger partial charge in [0.25, 0.3) is 0 Å². The Morgan fingerprint density at radius 1 is 0.929 bits per heavy atom. The molecule has 150 valence electrons. The number of hydrogen-bond acceptors (Lipinski definition) is 4. The van der Waals surface area contributed by atoms with E-state index in [9.17, 15) is 4.79 Å². The topological polar surface area (TPSA) is 49.3 Å². The van der Waals surface area contributed by atoms with E-state index in [4.69, 9.17) is 0 Å². The Morgan fingerprint density at radius 3 is 2.04 bits per heavy atom. The molecule has 1 aromatic carbocycles. The molecule has 1 aliphatic heterocycles. The lowest BCUT2D eigenvalue weighted by Crippen LogP contribution is -2.49. The molecule has 2 heterocycles. The largest absolute Gasteiger partial charge is 0.339 e. The van der Waals surface area contributed by atoms with Gasteiger partial charge in [-0.25, -0.2) is 9.97 Å². The van der Waals surface area contributed by atoms with Gasteiger partial charge in [-0.3, -0.25) is 4.79 Å². The maximum absolute atomic E-state index is 13.0. The first kappa shape index (κ1) is 20.3. The molecule has 0 spiro atoms. The highest BCUT2D eigenvalue weighted by Gasteiger charge is 2.26. The molecule has 1 fully saturated rings. The zero-order valence-corrected chi connectivity index (χ0v) is 17.5. The van der Waals surface area contributed by atoms with Gasteiger partial charge in [-0.15, -0.1) is 0 Å². The molecule has 0 bridgehead atoms. The zero-order valence-electron chi connectivity index (χ0n) is 17.5. The minimum absolute atomic E-state index is 0.250. The summed E-state index contributed by atoms with van der Waals surface area (Å²) in [6.07, 6.45) is 4.09. The normalized spacial score (nSPS) is 15.9. The van der Waals surface area contributed by atoms with Gasteiger partial charge >= 0.3 is 0 Å². The monoisotopic (exact) mass is 380 g/mol. The molecule has 1 aromatic heterocycles. The second-order valence-electron chi connectivity index (χ2n) is 8.29. The molecule has 1 saturated heterocycles. The van der Waals surface area contributed by atoms with Crippen molar-refractivity contribution in [1.82, 2.24) is 14.9 Å². The highest BCUT2D eigenvalue weighted by Crippen LogP contribution is 2.30. The molecule has 2 aromatic rings. The fourth-order valence-electron chi connectivity index (χ4n) is 3.79. The molecule has 0 N–H and O–H groups in total. The minimum Gasteiger partial charge on any atom is -0.339 e. The maximum atomic E-state index is 13.0. The number of carbonyl (C=O) groups excluding carboxylic acids is 1. The molecule has 28 heavy (non-hydrogen) atoms. The number of rotatable bonds is 6. The van der Waals surface area contributed by atoms with Crippen molar-refractivity contribution < 1.29 is 4.79 Å². The highest BCUT2D eigenvalue weighted by molar-refractivity contribution is 5.77. The summed E-state index contributed by atoms with van der Waals surface area (Å²) in [7, 11) is 0. The van der Waals surface area contributed by atoms with E-state index in [1.165, 1.54) is 11.1 Å². The first-order valence-corrected chi connectivity index (χ1v) is 10.3. The molecule has 0 saturated carbocycles. The summed E-state index contributed by atoms with van der Waals surface area (Å²) in [5, 5.41) is 0. The van der Waals surface area contributed by atoms with Crippen LogP contribution in [0.2, 0.25) is 0 Å². The van der Waals surface area contributed by atoms with Crippen LogP contribution < -0.4 is 4.90 Å². The Labute approximate surface area is 168 Å². The van der Waals surface area contributed by atoms with Gasteiger partial charge in [-0.05, 0) is 34.9 Å². The predicted molar refractivity (Wildman–Crippen MR) is 114 cm³/mol. The van der Waals surface area contributed by atoms with E-state index in [2.05, 4.69) is 66.8 Å². The third-order valence-corrected chi connectivity index (χ3v) is 5.70. The van der Waals surface area contributed by atoms with E-state index in [1.807, 2.05) is 11.0 Å². The SMILES string of the molecule is CC(C)c1ccc(C(CC(=O)N2CCN(c3ncccn3)CC2)C(C)C)cc1. The number of piperazine rings is 1. The lowest BCUT2D eigenvalue weighted by Gasteiger charge is -2.35. The van der Waals surface area contributed by atoms with Crippen molar-refractivity contribution in [1.29, 1.82) is 0 Å². The minimum atomic E-state index is 0.250. The summed E-state index contributed by atoms with van der Waals surface area (Å²) < 4.78 is 0.